The van der Waals surface area contributed by atoms with Gasteiger partial charge in [-0.1, -0.05) is 19.4 Å². The standard InChI is InChI=1S/C9H16IN/c1-2-3-7-6-8(10)4-5-9(7)11/h6-7,9H,2-5,11H2,1H3. The predicted octanol–water partition coefficient (Wildman–Crippen LogP) is 2.84. The summed E-state index contributed by atoms with van der Waals surface area (Å²) < 4.78 is 1.50. The molecule has 2 heteroatoms. The first-order chi connectivity index (χ1) is 5.24. The van der Waals surface area contributed by atoms with Crippen molar-refractivity contribution in [1.29, 1.82) is 0 Å². The highest BCUT2D eigenvalue weighted by Gasteiger charge is 2.19. The highest BCUT2D eigenvalue weighted by Crippen LogP contribution is 2.28. The first kappa shape index (κ1) is 9.52. The van der Waals surface area contributed by atoms with E-state index in [2.05, 4.69) is 35.6 Å². The number of halogens is 1. The van der Waals surface area contributed by atoms with Crippen LogP contribution >= 0.6 is 22.6 Å². The summed E-state index contributed by atoms with van der Waals surface area (Å²) in [5, 5.41) is 0. The summed E-state index contributed by atoms with van der Waals surface area (Å²) in [6.45, 7) is 2.22. The zero-order valence-corrected chi connectivity index (χ0v) is 9.17. The number of allylic oxidation sites excluding steroid dienone is 1. The number of nitrogens with two attached hydrogens (primary N) is 1. The lowest BCUT2D eigenvalue weighted by Crippen LogP contribution is -2.31. The van der Waals surface area contributed by atoms with Gasteiger partial charge in [0.2, 0.25) is 0 Å². The normalized spacial score (nSPS) is 31.7. The van der Waals surface area contributed by atoms with Crippen molar-refractivity contribution < 1.29 is 0 Å². The van der Waals surface area contributed by atoms with Gasteiger partial charge in [0.1, 0.15) is 0 Å². The second-order valence-electron chi connectivity index (χ2n) is 3.27. The fourth-order valence-electron chi connectivity index (χ4n) is 1.59. The molecule has 64 valence electrons. The third-order valence-electron chi connectivity index (χ3n) is 2.28. The first-order valence-electron chi connectivity index (χ1n) is 4.35. The minimum Gasteiger partial charge on any atom is -0.327 e. The second kappa shape index (κ2) is 4.45. The summed E-state index contributed by atoms with van der Waals surface area (Å²) in [7, 11) is 0. The van der Waals surface area contributed by atoms with E-state index in [1.165, 1.54) is 29.3 Å². The largest absolute Gasteiger partial charge is 0.327 e. The molecule has 2 unspecified atom stereocenters. The SMILES string of the molecule is CCCC1C=C(I)CCC1N. The molecule has 1 aliphatic carbocycles. The Morgan fingerprint density at radius 1 is 1.73 bits per heavy atom. The molecule has 0 fully saturated rings. The van der Waals surface area contributed by atoms with Gasteiger partial charge >= 0.3 is 0 Å². The summed E-state index contributed by atoms with van der Waals surface area (Å²) in [5.74, 6) is 0.653. The predicted molar refractivity (Wildman–Crippen MR) is 57.7 cm³/mol. The quantitative estimate of drug-likeness (QED) is 0.763. The molecule has 2 N–H and O–H groups in total. The maximum absolute atomic E-state index is 5.98. The van der Waals surface area contributed by atoms with E-state index in [9.17, 15) is 0 Å². The Kier molecular flexibility index (Phi) is 3.85. The van der Waals surface area contributed by atoms with Gasteiger partial charge < -0.3 is 5.73 Å². The summed E-state index contributed by atoms with van der Waals surface area (Å²) in [4.78, 5) is 0. The van der Waals surface area contributed by atoms with Crippen molar-refractivity contribution in [2.24, 2.45) is 11.7 Å². The van der Waals surface area contributed by atoms with Gasteiger partial charge in [-0.3, -0.25) is 0 Å². The fraction of sp³-hybridized carbons (Fsp3) is 0.778. The van der Waals surface area contributed by atoms with Gasteiger partial charge in [-0.2, -0.15) is 0 Å². The van der Waals surface area contributed by atoms with Crippen LogP contribution in [0.25, 0.3) is 0 Å². The highest BCUT2D eigenvalue weighted by atomic mass is 127. The number of hydrogen-bond donors (Lipinski definition) is 1. The topological polar surface area (TPSA) is 26.0 Å². The zero-order valence-electron chi connectivity index (χ0n) is 7.02. The van der Waals surface area contributed by atoms with Gasteiger partial charge in [0.25, 0.3) is 0 Å². The molecular formula is C9H16IN. The fourth-order valence-corrected chi connectivity index (χ4v) is 2.36. The Morgan fingerprint density at radius 3 is 3.09 bits per heavy atom. The third kappa shape index (κ3) is 2.75. The molecule has 0 radical (unpaired) electrons. The zero-order chi connectivity index (χ0) is 8.27. The van der Waals surface area contributed by atoms with Crippen LogP contribution < -0.4 is 5.73 Å². The summed E-state index contributed by atoms with van der Waals surface area (Å²) in [5.41, 5.74) is 5.98. The van der Waals surface area contributed by atoms with Crippen molar-refractivity contribution in [2.75, 3.05) is 0 Å². The van der Waals surface area contributed by atoms with E-state index in [1.54, 1.807) is 0 Å². The Bertz CT molecular complexity index is 154. The van der Waals surface area contributed by atoms with E-state index in [-0.39, 0.29) is 0 Å². The molecule has 0 aliphatic heterocycles. The van der Waals surface area contributed by atoms with E-state index < -0.39 is 0 Å². The Balaban J connectivity index is 2.52. The van der Waals surface area contributed by atoms with Crippen LogP contribution in [0.1, 0.15) is 32.6 Å². The van der Waals surface area contributed by atoms with Gasteiger partial charge in [0.05, 0.1) is 0 Å². The molecule has 1 aliphatic rings. The van der Waals surface area contributed by atoms with Crippen LogP contribution in [0.2, 0.25) is 0 Å². The Hall–Kier alpha value is 0.430. The summed E-state index contributed by atoms with van der Waals surface area (Å²) in [6.07, 6.45) is 7.24. The van der Waals surface area contributed by atoms with Crippen molar-refractivity contribution in [3.05, 3.63) is 9.66 Å². The molecule has 0 heterocycles. The van der Waals surface area contributed by atoms with E-state index in [4.69, 9.17) is 5.73 Å². The summed E-state index contributed by atoms with van der Waals surface area (Å²) >= 11 is 2.43. The highest BCUT2D eigenvalue weighted by molar-refractivity contribution is 14.1. The summed E-state index contributed by atoms with van der Waals surface area (Å²) in [6, 6.07) is 0.425. The van der Waals surface area contributed by atoms with Crippen molar-refractivity contribution in [3.8, 4) is 0 Å². The molecule has 0 aromatic rings. The minimum absolute atomic E-state index is 0.425. The molecular weight excluding hydrogens is 249 g/mol. The molecule has 0 aromatic heterocycles. The first-order valence-corrected chi connectivity index (χ1v) is 5.43. The molecule has 2 atom stereocenters. The monoisotopic (exact) mass is 265 g/mol. The lowest BCUT2D eigenvalue weighted by molar-refractivity contribution is 0.426. The van der Waals surface area contributed by atoms with E-state index in [0.29, 0.717) is 12.0 Å². The van der Waals surface area contributed by atoms with Crippen LogP contribution in [0.4, 0.5) is 0 Å². The number of rotatable bonds is 2. The maximum atomic E-state index is 5.98. The van der Waals surface area contributed by atoms with Crippen LogP contribution in [0.5, 0.6) is 0 Å². The lowest BCUT2D eigenvalue weighted by Gasteiger charge is -2.25. The van der Waals surface area contributed by atoms with Crippen molar-refractivity contribution in [3.63, 3.8) is 0 Å². The Labute approximate surface area is 82.6 Å². The van der Waals surface area contributed by atoms with E-state index >= 15 is 0 Å². The average molecular weight is 265 g/mol. The van der Waals surface area contributed by atoms with Crippen molar-refractivity contribution >= 4 is 22.6 Å². The van der Waals surface area contributed by atoms with E-state index in [1.807, 2.05) is 0 Å². The number of hydrogen-bond acceptors (Lipinski definition) is 1. The van der Waals surface area contributed by atoms with Crippen LogP contribution in [0, 0.1) is 5.92 Å². The lowest BCUT2D eigenvalue weighted by atomic mass is 9.88. The second-order valence-corrected chi connectivity index (χ2v) is 4.65. The maximum Gasteiger partial charge on any atom is 0.0106 e. The molecule has 1 rings (SSSR count). The van der Waals surface area contributed by atoms with Crippen LogP contribution in [0.3, 0.4) is 0 Å². The molecule has 1 nitrogen and oxygen atoms in total. The molecule has 0 bridgehead atoms. The molecule has 0 saturated carbocycles. The van der Waals surface area contributed by atoms with Gasteiger partial charge in [-0.05, 0) is 51.4 Å². The molecule has 0 aromatic carbocycles. The van der Waals surface area contributed by atoms with Crippen LogP contribution in [-0.2, 0) is 0 Å². The van der Waals surface area contributed by atoms with Crippen LogP contribution in [0.15, 0.2) is 9.66 Å². The van der Waals surface area contributed by atoms with Gasteiger partial charge in [0.15, 0.2) is 0 Å². The average Bonchev–Trinajstić information content (AvgIpc) is 1.98. The smallest absolute Gasteiger partial charge is 0.0106 e. The van der Waals surface area contributed by atoms with E-state index in [0.717, 1.165) is 0 Å². The molecule has 0 spiro atoms. The minimum atomic E-state index is 0.425. The molecule has 0 saturated heterocycles. The van der Waals surface area contributed by atoms with Crippen molar-refractivity contribution in [1.82, 2.24) is 0 Å². The molecule has 11 heavy (non-hydrogen) atoms. The Morgan fingerprint density at radius 2 is 2.45 bits per heavy atom. The molecule has 0 amide bonds. The van der Waals surface area contributed by atoms with Crippen molar-refractivity contribution in [2.45, 2.75) is 38.6 Å². The van der Waals surface area contributed by atoms with Crippen LogP contribution in [-0.4, -0.2) is 6.04 Å². The van der Waals surface area contributed by atoms with Gasteiger partial charge in [-0.25, -0.2) is 0 Å². The van der Waals surface area contributed by atoms with Gasteiger partial charge in [0, 0.05) is 6.04 Å². The van der Waals surface area contributed by atoms with Gasteiger partial charge in [-0.15, -0.1) is 0 Å². The third-order valence-corrected chi connectivity index (χ3v) is 3.18.